The van der Waals surface area contributed by atoms with E-state index < -0.39 is 11.8 Å². The Bertz CT molecular complexity index is 119. The topological polar surface area (TPSA) is 115 Å². The smallest absolute Gasteiger partial charge is 0.340 e. The molecule has 2 amide bonds. The van der Waals surface area contributed by atoms with Gasteiger partial charge >= 0.3 is 11.8 Å². The summed E-state index contributed by atoms with van der Waals surface area (Å²) in [4.78, 5) is 19.9. The molecule has 0 bridgehead atoms. The molecular formula is C2H6N4O2. The Labute approximate surface area is 45.1 Å². The van der Waals surface area contributed by atoms with Gasteiger partial charge in [0, 0.05) is 0 Å². The van der Waals surface area contributed by atoms with Crippen LogP contribution in [0.1, 0.15) is 0 Å². The Morgan fingerprint density at radius 2 is 1.62 bits per heavy atom. The molecule has 0 aliphatic heterocycles. The summed E-state index contributed by atoms with van der Waals surface area (Å²) in [5, 5.41) is 0.127. The molecule has 6 N–H and O–H groups in total. The third kappa shape index (κ3) is 1.54. The lowest BCUT2D eigenvalue weighted by molar-refractivity contribution is -0.144. The molecule has 0 aromatic heterocycles. The number of nitrogens with zero attached hydrogens (tertiary/aromatic N) is 1. The van der Waals surface area contributed by atoms with Crippen LogP contribution >= 0.6 is 0 Å². The maximum Gasteiger partial charge on any atom is 0.340 e. The van der Waals surface area contributed by atoms with Gasteiger partial charge in [0.05, 0.1) is 0 Å². The summed E-state index contributed by atoms with van der Waals surface area (Å²) in [5.41, 5.74) is 4.45. The van der Waals surface area contributed by atoms with Gasteiger partial charge in [-0.05, 0) is 0 Å². The van der Waals surface area contributed by atoms with Gasteiger partial charge in [-0.15, -0.1) is 0 Å². The number of carbonyl (C=O) groups excluding carboxylic acids is 2. The molecule has 0 atom stereocenters. The summed E-state index contributed by atoms with van der Waals surface area (Å²) < 4.78 is 0. The fraction of sp³-hybridized carbons (Fsp3) is 0. The summed E-state index contributed by atoms with van der Waals surface area (Å²) in [7, 11) is 0. The maximum atomic E-state index is 10.0. The third-order valence-electron chi connectivity index (χ3n) is 0.445. The van der Waals surface area contributed by atoms with E-state index in [0.29, 0.717) is 0 Å². The van der Waals surface area contributed by atoms with E-state index in [1.54, 1.807) is 0 Å². The van der Waals surface area contributed by atoms with Crippen molar-refractivity contribution in [2.45, 2.75) is 0 Å². The Hall–Kier alpha value is -1.14. The highest BCUT2D eigenvalue weighted by molar-refractivity contribution is 6.33. The van der Waals surface area contributed by atoms with Crippen molar-refractivity contribution < 1.29 is 9.59 Å². The standard InChI is InChI=1S/C2H6N4O2/c3-1(7)2(8)6(4)5/h4-5H2,(H2,3,7). The number of primary amides is 1. The van der Waals surface area contributed by atoms with E-state index in [4.69, 9.17) is 0 Å². The second-order valence-corrected chi connectivity index (χ2v) is 1.08. The van der Waals surface area contributed by atoms with Crippen LogP contribution in [-0.4, -0.2) is 16.9 Å². The van der Waals surface area contributed by atoms with Gasteiger partial charge in [-0.3, -0.25) is 9.59 Å². The second-order valence-electron chi connectivity index (χ2n) is 1.08. The van der Waals surface area contributed by atoms with Gasteiger partial charge in [-0.1, -0.05) is 0 Å². The zero-order chi connectivity index (χ0) is 6.73. The quantitative estimate of drug-likeness (QED) is 0.136. The van der Waals surface area contributed by atoms with E-state index in [2.05, 4.69) is 17.4 Å². The van der Waals surface area contributed by atoms with Crippen LogP contribution < -0.4 is 17.4 Å². The van der Waals surface area contributed by atoms with E-state index in [1.807, 2.05) is 0 Å². The summed E-state index contributed by atoms with van der Waals surface area (Å²) in [6.07, 6.45) is 0. The van der Waals surface area contributed by atoms with Crippen molar-refractivity contribution >= 4 is 11.8 Å². The highest BCUT2D eigenvalue weighted by Crippen LogP contribution is 1.64. The summed E-state index contributed by atoms with van der Waals surface area (Å²) in [5.74, 6) is 6.90. The van der Waals surface area contributed by atoms with Crippen LogP contribution in [0.3, 0.4) is 0 Å². The van der Waals surface area contributed by atoms with Crippen molar-refractivity contribution in [1.82, 2.24) is 5.12 Å². The Kier molecular flexibility index (Phi) is 1.92. The minimum absolute atomic E-state index is 0.127. The monoisotopic (exact) mass is 118 g/mol. The zero-order valence-electron chi connectivity index (χ0n) is 4.00. The number of amides is 2. The molecule has 0 unspecified atom stereocenters. The second kappa shape index (κ2) is 2.24. The number of nitrogens with two attached hydrogens (primary N) is 3. The van der Waals surface area contributed by atoms with Crippen LogP contribution in [0.2, 0.25) is 0 Å². The average molecular weight is 118 g/mol. The number of hydrogen-bond acceptors (Lipinski definition) is 4. The molecule has 0 aromatic carbocycles. The predicted octanol–water partition coefficient (Wildman–Crippen LogP) is -2.95. The molecule has 0 heterocycles. The van der Waals surface area contributed by atoms with Gasteiger partial charge in [0.25, 0.3) is 0 Å². The predicted molar refractivity (Wildman–Crippen MR) is 24.4 cm³/mol. The molecule has 0 rings (SSSR count). The lowest BCUT2D eigenvalue weighted by atomic mass is 10.6. The average Bonchev–Trinajstić information content (AvgIpc) is 1.64. The van der Waals surface area contributed by atoms with Crippen molar-refractivity contribution in [2.24, 2.45) is 17.4 Å². The van der Waals surface area contributed by atoms with Crippen molar-refractivity contribution in [3.8, 4) is 0 Å². The number of carbonyl (C=O) groups is 2. The lowest BCUT2D eigenvalue weighted by Gasteiger charge is -2.03. The minimum atomic E-state index is -1.17. The van der Waals surface area contributed by atoms with Crippen molar-refractivity contribution in [1.29, 1.82) is 0 Å². The molecule has 0 fully saturated rings. The molecule has 0 radical (unpaired) electrons. The van der Waals surface area contributed by atoms with Crippen molar-refractivity contribution in [2.75, 3.05) is 0 Å². The van der Waals surface area contributed by atoms with Gasteiger partial charge in [0.2, 0.25) is 0 Å². The van der Waals surface area contributed by atoms with Crippen LogP contribution in [-0.2, 0) is 9.59 Å². The number of rotatable bonds is 0. The molecule has 0 aromatic rings. The first-order chi connectivity index (χ1) is 3.55. The molecule has 0 saturated carbocycles. The van der Waals surface area contributed by atoms with Crippen LogP contribution in [0.4, 0.5) is 0 Å². The van der Waals surface area contributed by atoms with E-state index >= 15 is 0 Å². The third-order valence-corrected chi connectivity index (χ3v) is 0.445. The molecule has 0 spiro atoms. The summed E-state index contributed by atoms with van der Waals surface area (Å²) >= 11 is 0. The molecular weight excluding hydrogens is 112 g/mol. The minimum Gasteiger partial charge on any atom is -0.361 e. The van der Waals surface area contributed by atoms with Gasteiger partial charge in [0.15, 0.2) is 0 Å². The van der Waals surface area contributed by atoms with Gasteiger partial charge in [-0.25, -0.2) is 16.8 Å². The normalized spacial score (nSPS) is 8.25. The van der Waals surface area contributed by atoms with Crippen molar-refractivity contribution in [3.63, 3.8) is 0 Å². The molecule has 6 nitrogen and oxygen atoms in total. The van der Waals surface area contributed by atoms with E-state index in [0.717, 1.165) is 0 Å². The fourth-order valence-electron chi connectivity index (χ4n) is 0.127. The van der Waals surface area contributed by atoms with Crippen molar-refractivity contribution in [3.05, 3.63) is 0 Å². The number of hydrazine groups is 2. The maximum absolute atomic E-state index is 10.0. The highest BCUT2D eigenvalue weighted by Gasteiger charge is 2.10. The van der Waals surface area contributed by atoms with Crippen LogP contribution in [0.5, 0.6) is 0 Å². The molecule has 0 saturated heterocycles. The highest BCUT2D eigenvalue weighted by atomic mass is 16.2. The zero-order valence-corrected chi connectivity index (χ0v) is 4.00. The molecule has 0 aliphatic rings. The van der Waals surface area contributed by atoms with E-state index in [9.17, 15) is 9.59 Å². The molecule has 46 valence electrons. The van der Waals surface area contributed by atoms with Crippen LogP contribution in [0.15, 0.2) is 0 Å². The van der Waals surface area contributed by atoms with Gasteiger partial charge in [-0.2, -0.15) is 0 Å². The van der Waals surface area contributed by atoms with Gasteiger partial charge in [0.1, 0.15) is 0 Å². The first-order valence-corrected chi connectivity index (χ1v) is 1.69. The first-order valence-electron chi connectivity index (χ1n) is 1.69. The Morgan fingerprint density at radius 1 is 1.25 bits per heavy atom. The van der Waals surface area contributed by atoms with Gasteiger partial charge < -0.3 is 5.73 Å². The summed E-state index contributed by atoms with van der Waals surface area (Å²) in [6.45, 7) is 0. The molecule has 0 aliphatic carbocycles. The van der Waals surface area contributed by atoms with E-state index in [1.165, 1.54) is 0 Å². The first kappa shape index (κ1) is 6.86. The largest absolute Gasteiger partial charge is 0.361 e. The Morgan fingerprint density at radius 3 is 1.62 bits per heavy atom. The van der Waals surface area contributed by atoms with Crippen LogP contribution in [0.25, 0.3) is 0 Å². The molecule has 6 heteroatoms. The van der Waals surface area contributed by atoms with Crippen LogP contribution in [0, 0.1) is 0 Å². The fourth-order valence-corrected chi connectivity index (χ4v) is 0.127. The molecule has 8 heavy (non-hydrogen) atoms. The SMILES string of the molecule is NC(=O)C(=O)N(N)N. The Balaban J connectivity index is 3.84. The summed E-state index contributed by atoms with van der Waals surface area (Å²) in [6, 6.07) is 0. The van der Waals surface area contributed by atoms with E-state index in [-0.39, 0.29) is 5.12 Å². The lowest BCUT2D eigenvalue weighted by Crippen LogP contribution is -2.49. The number of hydrogen-bond donors (Lipinski definition) is 3.